The maximum atomic E-state index is 13.3. The first-order valence-electron chi connectivity index (χ1n) is 13.4. The van der Waals surface area contributed by atoms with Crippen molar-refractivity contribution >= 4 is 69.1 Å². The number of morpholine rings is 1. The number of nitrogens with one attached hydrogen (secondary N) is 2. The second kappa shape index (κ2) is 16.1. The van der Waals surface area contributed by atoms with E-state index in [0.29, 0.717) is 47.6 Å². The molecule has 1 aliphatic heterocycles. The molecule has 1 fully saturated rings. The van der Waals surface area contributed by atoms with Gasteiger partial charge >= 0.3 is 0 Å². The molecule has 2 aromatic carbocycles. The fraction of sp³-hybridized carbons (Fsp3) is 0.258. The smallest absolute Gasteiger partial charge is 0.246 e. The highest BCUT2D eigenvalue weighted by Gasteiger charge is 2.21. The number of benzene rings is 2. The number of hydrogen-bond acceptors (Lipinski definition) is 5. The average molecular weight is 648 g/mol. The number of hydrogen-bond donors (Lipinski definition) is 2. The summed E-state index contributed by atoms with van der Waals surface area (Å²) < 4.78 is 5.38. The van der Waals surface area contributed by atoms with E-state index in [9.17, 15) is 9.59 Å². The highest BCUT2D eigenvalue weighted by atomic mass is 35.5. The zero-order valence-corrected chi connectivity index (χ0v) is 25.7. The highest BCUT2D eigenvalue weighted by Crippen LogP contribution is 2.34. The van der Waals surface area contributed by atoms with Gasteiger partial charge in [0.15, 0.2) is 0 Å². The van der Waals surface area contributed by atoms with Gasteiger partial charge in [-0.25, -0.2) is 4.98 Å². The molecule has 11 heteroatoms. The molecule has 1 aromatic heterocycles. The molecule has 42 heavy (non-hydrogen) atoms. The third-order valence-corrected chi connectivity index (χ3v) is 7.60. The van der Waals surface area contributed by atoms with E-state index in [1.54, 1.807) is 30.4 Å². The zero-order valence-electron chi connectivity index (χ0n) is 22.7. The number of ether oxygens (including phenoxy) is 1. The van der Waals surface area contributed by atoms with Crippen LogP contribution in [0.15, 0.2) is 83.4 Å². The van der Waals surface area contributed by atoms with Crippen LogP contribution in [0.3, 0.4) is 0 Å². The summed E-state index contributed by atoms with van der Waals surface area (Å²) in [7, 11) is 0. The molecule has 0 radical (unpaired) electrons. The van der Waals surface area contributed by atoms with Gasteiger partial charge in [0.1, 0.15) is 6.04 Å². The van der Waals surface area contributed by atoms with Crippen molar-refractivity contribution in [2.24, 2.45) is 0 Å². The lowest BCUT2D eigenvalue weighted by molar-refractivity contribution is -0.127. The molecule has 0 saturated carbocycles. The van der Waals surface area contributed by atoms with Crippen molar-refractivity contribution in [3.05, 3.63) is 99.0 Å². The predicted molar refractivity (Wildman–Crippen MR) is 171 cm³/mol. The lowest BCUT2D eigenvalue weighted by atomic mass is 10.0. The SMILES string of the molecule is O=C(/C=C(Cl)/C=C\C=C\Cl)NC(Cc1ccc2nc(-c3c(Cl)cccc3Cl)ccc2c1)C(=O)NCCN1CCOCC1. The Kier molecular flexibility index (Phi) is 12.3. The molecule has 3 aromatic rings. The Balaban J connectivity index is 1.50. The number of fused-ring (bicyclic) bond motifs is 1. The lowest BCUT2D eigenvalue weighted by Crippen LogP contribution is -2.49. The van der Waals surface area contributed by atoms with Crippen LogP contribution in [0.5, 0.6) is 0 Å². The Labute approximate surface area is 265 Å². The summed E-state index contributed by atoms with van der Waals surface area (Å²) >= 11 is 24.4. The molecule has 1 aliphatic rings. The summed E-state index contributed by atoms with van der Waals surface area (Å²) in [4.78, 5) is 33.0. The van der Waals surface area contributed by atoms with Gasteiger partial charge in [0.2, 0.25) is 11.8 Å². The van der Waals surface area contributed by atoms with Crippen LogP contribution in [-0.2, 0) is 20.7 Å². The standard InChI is InChI=1S/C31H30Cl4N4O3/c32-11-2-1-4-23(33)20-29(40)38-28(31(41)36-12-13-39-14-16-42-17-15-39)19-21-7-9-26-22(18-21)8-10-27(37-26)30-24(34)5-3-6-25(30)35/h1-11,18,20,28H,12-17,19H2,(H,36,41)(H,38,40)/b4-1-,11-2+,23-20-. The van der Waals surface area contributed by atoms with Gasteiger partial charge in [-0.2, -0.15) is 0 Å². The summed E-state index contributed by atoms with van der Waals surface area (Å²) in [5.41, 5.74) is 4.25. The monoisotopic (exact) mass is 646 g/mol. The van der Waals surface area contributed by atoms with Crippen LogP contribution in [0.2, 0.25) is 10.0 Å². The maximum Gasteiger partial charge on any atom is 0.246 e. The maximum absolute atomic E-state index is 13.3. The molecule has 2 N–H and O–H groups in total. The van der Waals surface area contributed by atoms with Crippen LogP contribution in [0.25, 0.3) is 22.2 Å². The van der Waals surface area contributed by atoms with Crippen molar-refractivity contribution in [2.75, 3.05) is 39.4 Å². The number of pyridine rings is 1. The van der Waals surface area contributed by atoms with Gasteiger partial charge < -0.3 is 15.4 Å². The van der Waals surface area contributed by atoms with Gasteiger partial charge in [-0.1, -0.05) is 76.8 Å². The first-order chi connectivity index (χ1) is 20.3. The number of nitrogens with zero attached hydrogens (tertiary/aromatic N) is 2. The Morgan fingerprint density at radius 2 is 1.81 bits per heavy atom. The zero-order chi connectivity index (χ0) is 29.9. The molecule has 4 rings (SSSR count). The van der Waals surface area contributed by atoms with Crippen molar-refractivity contribution in [3.8, 4) is 11.3 Å². The highest BCUT2D eigenvalue weighted by molar-refractivity contribution is 6.39. The van der Waals surface area contributed by atoms with E-state index in [1.165, 1.54) is 17.7 Å². The largest absolute Gasteiger partial charge is 0.379 e. The molecule has 0 spiro atoms. The minimum absolute atomic E-state index is 0.194. The summed E-state index contributed by atoms with van der Waals surface area (Å²) in [6.07, 6.45) is 6.18. The minimum atomic E-state index is -0.832. The van der Waals surface area contributed by atoms with E-state index < -0.39 is 11.9 Å². The third kappa shape index (κ3) is 9.30. The molecule has 1 atom stereocenters. The van der Waals surface area contributed by atoms with Crippen molar-refractivity contribution < 1.29 is 14.3 Å². The summed E-state index contributed by atoms with van der Waals surface area (Å²) in [6, 6.07) is 14.0. The van der Waals surface area contributed by atoms with E-state index in [-0.39, 0.29) is 17.4 Å². The van der Waals surface area contributed by atoms with Gasteiger partial charge in [-0.05, 0) is 42.0 Å². The number of rotatable bonds is 11. The van der Waals surface area contributed by atoms with E-state index >= 15 is 0 Å². The number of halogens is 4. The second-order valence-electron chi connectivity index (χ2n) is 9.54. The van der Waals surface area contributed by atoms with E-state index in [2.05, 4.69) is 15.5 Å². The quantitative estimate of drug-likeness (QED) is 0.194. The average Bonchev–Trinajstić information content (AvgIpc) is 2.97. The Hall–Kier alpha value is -2.91. The molecular formula is C31H30Cl4N4O3. The molecule has 7 nitrogen and oxygen atoms in total. The Bertz CT molecular complexity index is 1480. The van der Waals surface area contributed by atoms with Gasteiger partial charge in [0, 0.05) is 60.2 Å². The third-order valence-electron chi connectivity index (χ3n) is 6.58. The minimum Gasteiger partial charge on any atom is -0.379 e. The van der Waals surface area contributed by atoms with Crippen molar-refractivity contribution in [1.82, 2.24) is 20.5 Å². The normalized spacial score (nSPS) is 15.4. The summed E-state index contributed by atoms with van der Waals surface area (Å²) in [6.45, 7) is 4.14. The summed E-state index contributed by atoms with van der Waals surface area (Å²) in [5.74, 6) is -0.778. The van der Waals surface area contributed by atoms with Gasteiger partial charge in [-0.3, -0.25) is 14.5 Å². The van der Waals surface area contributed by atoms with Gasteiger partial charge in [0.25, 0.3) is 0 Å². The van der Waals surface area contributed by atoms with Crippen LogP contribution < -0.4 is 10.6 Å². The molecular weight excluding hydrogens is 618 g/mol. The van der Waals surface area contributed by atoms with Crippen molar-refractivity contribution in [3.63, 3.8) is 0 Å². The fourth-order valence-corrected chi connectivity index (χ4v) is 5.34. The number of carbonyl (C=O) groups excluding carboxylic acids is 2. The lowest BCUT2D eigenvalue weighted by Gasteiger charge is -2.27. The van der Waals surface area contributed by atoms with Crippen LogP contribution in [0.1, 0.15) is 5.56 Å². The first kappa shape index (κ1) is 32.0. The van der Waals surface area contributed by atoms with E-state index in [4.69, 9.17) is 56.1 Å². The number of aromatic nitrogens is 1. The molecule has 220 valence electrons. The van der Waals surface area contributed by atoms with Crippen LogP contribution in [0.4, 0.5) is 0 Å². The second-order valence-corrected chi connectivity index (χ2v) is 11.0. The first-order valence-corrected chi connectivity index (χ1v) is 14.9. The number of allylic oxidation sites excluding steroid dienone is 4. The van der Waals surface area contributed by atoms with Crippen LogP contribution >= 0.6 is 46.4 Å². The van der Waals surface area contributed by atoms with Gasteiger partial charge in [0.05, 0.1) is 34.5 Å². The van der Waals surface area contributed by atoms with Gasteiger partial charge in [-0.15, -0.1) is 0 Å². The molecule has 0 aliphatic carbocycles. The predicted octanol–water partition coefficient (Wildman–Crippen LogP) is 6.12. The number of amides is 2. The van der Waals surface area contributed by atoms with Crippen molar-refractivity contribution in [1.29, 1.82) is 0 Å². The Morgan fingerprint density at radius 1 is 1.05 bits per heavy atom. The van der Waals surface area contributed by atoms with Crippen molar-refractivity contribution in [2.45, 2.75) is 12.5 Å². The topological polar surface area (TPSA) is 83.6 Å². The molecule has 1 saturated heterocycles. The molecule has 2 amide bonds. The van der Waals surface area contributed by atoms with Crippen LogP contribution in [0, 0.1) is 0 Å². The molecule has 1 unspecified atom stereocenters. The van der Waals surface area contributed by atoms with E-state index in [1.807, 2.05) is 30.3 Å². The van der Waals surface area contributed by atoms with E-state index in [0.717, 1.165) is 29.6 Å². The number of carbonyl (C=O) groups is 2. The molecule has 0 bridgehead atoms. The molecule has 2 heterocycles. The fourth-order valence-electron chi connectivity index (χ4n) is 4.49. The van der Waals surface area contributed by atoms with Crippen LogP contribution in [-0.4, -0.2) is 67.1 Å². The Morgan fingerprint density at radius 3 is 2.55 bits per heavy atom. The summed E-state index contributed by atoms with van der Waals surface area (Å²) in [5, 5.41) is 7.86.